The molecule has 0 amide bonds. The Bertz CT molecular complexity index is 1610. The quantitative estimate of drug-likeness (QED) is 0.302. The molecule has 0 aliphatic rings. The van der Waals surface area contributed by atoms with Crippen LogP contribution in [0.2, 0.25) is 0 Å². The number of rotatable bonds is 5. The van der Waals surface area contributed by atoms with Crippen molar-refractivity contribution in [3.63, 3.8) is 0 Å². The van der Waals surface area contributed by atoms with Crippen LogP contribution in [0.3, 0.4) is 0 Å². The molecule has 0 aliphatic heterocycles. The van der Waals surface area contributed by atoms with Crippen LogP contribution in [0.4, 0.5) is 8.78 Å². The van der Waals surface area contributed by atoms with Crippen LogP contribution in [-0.2, 0) is 0 Å². The normalized spacial score (nSPS) is 11.5. The number of nitrogens with zero attached hydrogens (tertiary/aromatic N) is 2. The van der Waals surface area contributed by atoms with E-state index in [1.165, 1.54) is 31.4 Å². The number of benzene rings is 3. The van der Waals surface area contributed by atoms with Crippen molar-refractivity contribution in [1.29, 1.82) is 0 Å². The Labute approximate surface area is 199 Å². The van der Waals surface area contributed by atoms with Gasteiger partial charge in [-0.3, -0.25) is 5.10 Å². The van der Waals surface area contributed by atoms with Gasteiger partial charge in [0, 0.05) is 16.3 Å². The molecule has 0 unspecified atom stereocenters. The van der Waals surface area contributed by atoms with E-state index in [0.29, 0.717) is 38.9 Å². The monoisotopic (exact) mass is 473 g/mol. The Morgan fingerprint density at radius 2 is 1.83 bits per heavy atom. The molecule has 2 heterocycles. The molecular weight excluding hydrogens is 452 g/mol. The number of hydrogen-bond donors (Lipinski definition) is 2. The minimum Gasteiger partial charge on any atom is -0.496 e. The number of aromatic amines is 1. The maximum absolute atomic E-state index is 15.7. The fourth-order valence-corrected chi connectivity index (χ4v) is 4.49. The lowest BCUT2D eigenvalue weighted by Gasteiger charge is -2.22. The van der Waals surface area contributed by atoms with Crippen molar-refractivity contribution in [3.05, 3.63) is 77.5 Å². The van der Waals surface area contributed by atoms with Gasteiger partial charge in [0.2, 0.25) is 0 Å². The van der Waals surface area contributed by atoms with E-state index in [4.69, 9.17) is 9.72 Å². The first-order chi connectivity index (χ1) is 16.8. The van der Waals surface area contributed by atoms with Gasteiger partial charge in [-0.15, -0.1) is 0 Å². The summed E-state index contributed by atoms with van der Waals surface area (Å²) in [5, 5.41) is 17.2. The number of aromatic nitrogens is 3. The first-order valence-corrected chi connectivity index (χ1v) is 11.0. The number of nitrogens with one attached hydrogen (secondary N) is 1. The maximum Gasteiger partial charge on any atom is 0.335 e. The molecule has 176 valence electrons. The van der Waals surface area contributed by atoms with Crippen LogP contribution in [0.5, 0.6) is 5.75 Å². The predicted octanol–water partition coefficient (Wildman–Crippen LogP) is 6.55. The number of aromatic carboxylic acids is 1. The van der Waals surface area contributed by atoms with Crippen LogP contribution in [0.25, 0.3) is 44.2 Å². The third-order valence-corrected chi connectivity index (χ3v) is 6.08. The molecule has 5 rings (SSSR count). The highest BCUT2D eigenvalue weighted by atomic mass is 19.1. The number of fused-ring (bicyclic) bond motifs is 2. The minimum absolute atomic E-state index is 0.0570. The Balaban J connectivity index is 1.97. The lowest BCUT2D eigenvalue weighted by molar-refractivity contribution is 0.0696. The smallest absolute Gasteiger partial charge is 0.335 e. The molecule has 0 fully saturated rings. The van der Waals surface area contributed by atoms with Gasteiger partial charge in [-0.2, -0.15) is 5.10 Å². The summed E-state index contributed by atoms with van der Waals surface area (Å²) in [5.74, 6) is -1.81. The Morgan fingerprint density at radius 3 is 2.49 bits per heavy atom. The van der Waals surface area contributed by atoms with E-state index in [1.54, 1.807) is 24.4 Å². The van der Waals surface area contributed by atoms with Crippen LogP contribution >= 0.6 is 0 Å². The SMILES string of the molecule is COc1cc(C(=O)O)ccc1-c1nc2c(F)c3[nH]ncc3cc2c(-c2ccc(F)cc2)c1C(C)C. The van der Waals surface area contributed by atoms with Crippen LogP contribution in [-0.4, -0.2) is 33.4 Å². The standard InChI is InChI=1S/C27H21F2N3O3/c1-13(2)21-22(14-4-7-17(28)8-5-14)19-10-16-12-30-32-24(16)23(29)26(19)31-25(21)18-9-6-15(27(33)34)11-20(18)35-3/h4-13H,1-3H3,(H,30,32)(H,33,34). The summed E-state index contributed by atoms with van der Waals surface area (Å²) in [6.07, 6.45) is 1.54. The third kappa shape index (κ3) is 3.67. The van der Waals surface area contributed by atoms with E-state index in [-0.39, 0.29) is 28.3 Å². The third-order valence-electron chi connectivity index (χ3n) is 6.08. The number of carboxylic acids is 1. The number of halogens is 2. The van der Waals surface area contributed by atoms with Crippen LogP contribution in [0.15, 0.2) is 54.7 Å². The summed E-state index contributed by atoms with van der Waals surface area (Å²) < 4.78 is 35.1. The number of pyridine rings is 1. The van der Waals surface area contributed by atoms with E-state index in [1.807, 2.05) is 19.9 Å². The van der Waals surface area contributed by atoms with E-state index < -0.39 is 11.8 Å². The van der Waals surface area contributed by atoms with E-state index >= 15 is 4.39 Å². The van der Waals surface area contributed by atoms with Gasteiger partial charge in [0.1, 0.15) is 22.6 Å². The molecule has 3 aromatic carbocycles. The highest BCUT2D eigenvalue weighted by Gasteiger charge is 2.25. The molecule has 8 heteroatoms. The highest BCUT2D eigenvalue weighted by Crippen LogP contribution is 2.44. The molecule has 0 saturated carbocycles. The van der Waals surface area contributed by atoms with Gasteiger partial charge >= 0.3 is 5.97 Å². The second-order valence-electron chi connectivity index (χ2n) is 8.55. The molecule has 0 aliphatic carbocycles. The van der Waals surface area contributed by atoms with Gasteiger partial charge in [-0.25, -0.2) is 18.6 Å². The van der Waals surface area contributed by atoms with E-state index in [9.17, 15) is 14.3 Å². The number of methoxy groups -OCH3 is 1. The van der Waals surface area contributed by atoms with Crippen molar-refractivity contribution >= 4 is 27.8 Å². The second-order valence-corrected chi connectivity index (χ2v) is 8.55. The average Bonchev–Trinajstić information content (AvgIpc) is 3.32. The summed E-state index contributed by atoms with van der Waals surface area (Å²) in [5.41, 5.74) is 3.60. The zero-order chi connectivity index (χ0) is 24.9. The summed E-state index contributed by atoms with van der Waals surface area (Å²) in [7, 11) is 1.44. The number of carbonyl (C=O) groups is 1. The molecule has 0 bridgehead atoms. The van der Waals surface area contributed by atoms with Crippen molar-refractivity contribution in [3.8, 4) is 28.1 Å². The molecule has 0 radical (unpaired) electrons. The van der Waals surface area contributed by atoms with Gasteiger partial charge in [0.25, 0.3) is 0 Å². The molecule has 35 heavy (non-hydrogen) atoms. The summed E-state index contributed by atoms with van der Waals surface area (Å²) in [6, 6.07) is 12.3. The van der Waals surface area contributed by atoms with Crippen molar-refractivity contribution in [1.82, 2.24) is 15.2 Å². The molecule has 0 saturated heterocycles. The number of hydrogen-bond acceptors (Lipinski definition) is 4. The lowest BCUT2D eigenvalue weighted by Crippen LogP contribution is -2.05. The van der Waals surface area contributed by atoms with E-state index in [2.05, 4.69) is 10.2 Å². The fourth-order valence-electron chi connectivity index (χ4n) is 4.49. The average molecular weight is 473 g/mol. The maximum atomic E-state index is 15.7. The summed E-state index contributed by atoms with van der Waals surface area (Å²) in [6.45, 7) is 3.98. The van der Waals surface area contributed by atoms with Gasteiger partial charge in [0.15, 0.2) is 5.82 Å². The minimum atomic E-state index is -1.09. The molecular formula is C27H21F2N3O3. The Morgan fingerprint density at radius 1 is 1.09 bits per heavy atom. The fraction of sp³-hybridized carbons (Fsp3) is 0.148. The molecule has 0 atom stereocenters. The zero-order valence-corrected chi connectivity index (χ0v) is 19.2. The Kier molecular flexibility index (Phi) is 5.43. The first kappa shape index (κ1) is 22.5. The molecule has 6 nitrogen and oxygen atoms in total. The first-order valence-electron chi connectivity index (χ1n) is 11.0. The number of ether oxygens (including phenoxy) is 1. The van der Waals surface area contributed by atoms with Crippen molar-refractivity contribution in [2.45, 2.75) is 19.8 Å². The van der Waals surface area contributed by atoms with Crippen LogP contribution in [0, 0.1) is 11.6 Å². The predicted molar refractivity (Wildman–Crippen MR) is 130 cm³/mol. The second kappa shape index (κ2) is 8.47. The van der Waals surface area contributed by atoms with Gasteiger partial charge in [0.05, 0.1) is 24.6 Å². The molecule has 2 N–H and O–H groups in total. The topological polar surface area (TPSA) is 88.1 Å². The largest absolute Gasteiger partial charge is 0.496 e. The molecule has 2 aromatic heterocycles. The van der Waals surface area contributed by atoms with Crippen LogP contribution in [0.1, 0.15) is 35.7 Å². The molecule has 5 aromatic rings. The summed E-state index contributed by atoms with van der Waals surface area (Å²) in [4.78, 5) is 16.3. The van der Waals surface area contributed by atoms with E-state index in [0.717, 1.165) is 5.56 Å². The Hall–Kier alpha value is -4.33. The van der Waals surface area contributed by atoms with Crippen molar-refractivity contribution in [2.75, 3.05) is 7.11 Å². The number of carboxylic acid groups (broad SMARTS) is 1. The number of H-pyrrole nitrogens is 1. The zero-order valence-electron chi connectivity index (χ0n) is 19.2. The van der Waals surface area contributed by atoms with Crippen molar-refractivity contribution in [2.24, 2.45) is 0 Å². The lowest BCUT2D eigenvalue weighted by atomic mass is 9.85. The van der Waals surface area contributed by atoms with Gasteiger partial charge < -0.3 is 9.84 Å². The highest BCUT2D eigenvalue weighted by molar-refractivity contribution is 6.06. The van der Waals surface area contributed by atoms with Crippen LogP contribution < -0.4 is 4.74 Å². The summed E-state index contributed by atoms with van der Waals surface area (Å²) >= 11 is 0. The van der Waals surface area contributed by atoms with Gasteiger partial charge in [-0.1, -0.05) is 26.0 Å². The molecule has 0 spiro atoms. The van der Waals surface area contributed by atoms with Gasteiger partial charge in [-0.05, 0) is 59.0 Å². The van der Waals surface area contributed by atoms with Crippen molar-refractivity contribution < 1.29 is 23.4 Å².